The largest absolute Gasteiger partial charge is 0.378 e. The van der Waals surface area contributed by atoms with Crippen molar-refractivity contribution in [2.45, 2.75) is 194 Å². The summed E-state index contributed by atoms with van der Waals surface area (Å²) in [6.45, 7) is 11.1. The normalized spacial score (nSPS) is 52.3. The fourth-order valence-corrected chi connectivity index (χ4v) is 11.2. The van der Waals surface area contributed by atoms with Crippen molar-refractivity contribution in [1.29, 1.82) is 5.26 Å². The molecular formula is C40H55NO10. The Kier molecular flexibility index (Phi) is 9.51. The molecule has 0 radical (unpaired) electrons. The number of hydrogen-bond acceptors (Lipinski definition) is 11. The molecule has 12 bridgehead atoms. The van der Waals surface area contributed by atoms with Crippen LogP contribution < -0.4 is 0 Å². The van der Waals surface area contributed by atoms with Crippen LogP contribution in [0, 0.1) is 23.2 Å². The molecule has 0 saturated carbocycles. The predicted octanol–water partition coefficient (Wildman–Crippen LogP) is 5.03. The summed E-state index contributed by atoms with van der Waals surface area (Å²) >= 11 is 0. The standard InChI is InChI=1S/C40H55NO10/c1-20-14-24-7-9-28-21(2)15-26(44-28)11-12-40-19-33-36(50-40)37-38(49-33)39(51-40)35-30(48-37)10-8-25(46-35)16-23(42)17-27-32(18-31(45-24)22(20)3)47-29(6-5-13-41)34(27)43-4/h20,24-39H,2-3,5-12,14-19H2,1,4H3/t20?,24?,25?,26-,27?,28?,29?,30?,31?,32-,33?,34+,35-,36?,37-,38?,39?,40-/m0/s1. The molecule has 1 spiro atoms. The maximum atomic E-state index is 14.0. The van der Waals surface area contributed by atoms with E-state index in [9.17, 15) is 10.1 Å². The Morgan fingerprint density at radius 3 is 2.39 bits per heavy atom. The number of hydrogen-bond donors (Lipinski definition) is 0. The predicted molar refractivity (Wildman–Crippen MR) is 181 cm³/mol. The van der Waals surface area contributed by atoms with Crippen LogP contribution in [0.2, 0.25) is 0 Å². The van der Waals surface area contributed by atoms with Crippen LogP contribution >= 0.6 is 0 Å². The summed E-state index contributed by atoms with van der Waals surface area (Å²) < 4.78 is 60.0. The molecule has 280 valence electrons. The van der Waals surface area contributed by atoms with Crippen LogP contribution in [0.5, 0.6) is 0 Å². The quantitative estimate of drug-likeness (QED) is 0.367. The Balaban J connectivity index is 0.994. The second-order valence-corrected chi connectivity index (χ2v) is 17.0. The van der Waals surface area contributed by atoms with E-state index in [1.54, 1.807) is 7.11 Å². The average Bonchev–Trinajstić information content (AvgIpc) is 3.79. The number of carbonyl (C=O) groups excluding carboxylic acids is 1. The Morgan fingerprint density at radius 2 is 1.55 bits per heavy atom. The van der Waals surface area contributed by atoms with Gasteiger partial charge in [0.15, 0.2) is 5.79 Å². The molecule has 11 nitrogen and oxygen atoms in total. The number of ketones is 1. The van der Waals surface area contributed by atoms with Crippen LogP contribution in [0.25, 0.3) is 0 Å². The van der Waals surface area contributed by atoms with Crippen molar-refractivity contribution in [3.05, 3.63) is 24.3 Å². The zero-order valence-corrected chi connectivity index (χ0v) is 30.2. The highest BCUT2D eigenvalue weighted by atomic mass is 16.8. The minimum Gasteiger partial charge on any atom is -0.378 e. The number of Topliss-reactive ketones (excluding diaryl/α,β-unsaturated/α-hetero) is 1. The van der Waals surface area contributed by atoms with Crippen molar-refractivity contribution in [1.82, 2.24) is 0 Å². The van der Waals surface area contributed by atoms with E-state index in [2.05, 4.69) is 26.2 Å². The smallest absolute Gasteiger partial charge is 0.172 e. The van der Waals surface area contributed by atoms with Gasteiger partial charge in [-0.25, -0.2) is 0 Å². The molecule has 0 aromatic carbocycles. The molecule has 0 N–H and O–H groups in total. The molecule has 10 saturated heterocycles. The van der Waals surface area contributed by atoms with Crippen LogP contribution in [0.4, 0.5) is 0 Å². The van der Waals surface area contributed by atoms with Gasteiger partial charge in [-0.3, -0.25) is 4.79 Å². The molecule has 10 rings (SSSR count). The van der Waals surface area contributed by atoms with E-state index in [0.29, 0.717) is 50.9 Å². The number of fused-ring (bicyclic) bond motifs is 6. The molecule has 51 heavy (non-hydrogen) atoms. The molecule has 0 amide bonds. The van der Waals surface area contributed by atoms with Gasteiger partial charge >= 0.3 is 0 Å². The Morgan fingerprint density at radius 1 is 0.784 bits per heavy atom. The number of rotatable bonds is 3. The lowest BCUT2D eigenvalue weighted by Crippen LogP contribution is -2.61. The molecule has 10 fully saturated rings. The van der Waals surface area contributed by atoms with Crippen molar-refractivity contribution in [3.8, 4) is 6.07 Å². The minimum absolute atomic E-state index is 0.00543. The number of carbonyl (C=O) groups is 1. The fourth-order valence-electron chi connectivity index (χ4n) is 11.2. The van der Waals surface area contributed by atoms with Gasteiger partial charge in [-0.1, -0.05) is 20.1 Å². The van der Waals surface area contributed by atoms with Gasteiger partial charge in [-0.05, 0) is 68.4 Å². The fraction of sp³-hybridized carbons (Fsp3) is 0.850. The lowest BCUT2D eigenvalue weighted by Gasteiger charge is -2.47. The van der Waals surface area contributed by atoms with E-state index in [0.717, 1.165) is 56.1 Å². The van der Waals surface area contributed by atoms with Gasteiger partial charge in [0.05, 0.1) is 67.1 Å². The van der Waals surface area contributed by atoms with Gasteiger partial charge in [-0.15, -0.1) is 0 Å². The summed E-state index contributed by atoms with van der Waals surface area (Å²) in [6.07, 6.45) is 6.76. The van der Waals surface area contributed by atoms with Gasteiger partial charge in [0.25, 0.3) is 0 Å². The van der Waals surface area contributed by atoms with E-state index in [1.807, 2.05) is 0 Å². The highest BCUT2D eigenvalue weighted by molar-refractivity contribution is 5.79. The maximum absolute atomic E-state index is 14.0. The Bertz CT molecular complexity index is 1420. The van der Waals surface area contributed by atoms with Crippen molar-refractivity contribution in [2.24, 2.45) is 11.8 Å². The summed E-state index contributed by atoms with van der Waals surface area (Å²) in [7, 11) is 1.68. The summed E-state index contributed by atoms with van der Waals surface area (Å²) in [5, 5.41) is 9.39. The van der Waals surface area contributed by atoms with Crippen LogP contribution in [0.15, 0.2) is 24.3 Å². The van der Waals surface area contributed by atoms with E-state index in [-0.39, 0.29) is 103 Å². The van der Waals surface area contributed by atoms with Gasteiger partial charge in [0.1, 0.15) is 36.3 Å². The number of nitrogens with zero attached hydrogens (tertiary/aromatic N) is 1. The SMILES string of the molecule is C=C1C[C@@H]2CC[C@@]34CC5OC6C(O3)[C@H]3OC(CCC3O[C@H]6C5O4)CC(=O)CC3[C@@H](OC)C(CCC#N)O[C@H]3CC3OC(CCC1O2)CC(C)C3=C. The number of methoxy groups -OCH3 is 1. The second-order valence-electron chi connectivity index (χ2n) is 17.0. The van der Waals surface area contributed by atoms with Crippen molar-refractivity contribution >= 4 is 5.78 Å². The third-order valence-electron chi connectivity index (χ3n) is 13.7. The molecule has 0 aromatic heterocycles. The molecule has 10 heterocycles. The maximum Gasteiger partial charge on any atom is 0.172 e. The highest BCUT2D eigenvalue weighted by Crippen LogP contribution is 2.54. The van der Waals surface area contributed by atoms with Crippen LogP contribution in [-0.2, 0) is 47.4 Å². The molecule has 0 aromatic rings. The summed E-state index contributed by atoms with van der Waals surface area (Å²) in [4.78, 5) is 14.0. The van der Waals surface area contributed by atoms with Crippen LogP contribution in [0.3, 0.4) is 0 Å². The number of ether oxygens (including phenoxy) is 9. The lowest BCUT2D eigenvalue weighted by molar-refractivity contribution is -0.292. The van der Waals surface area contributed by atoms with E-state index in [4.69, 9.17) is 42.6 Å². The van der Waals surface area contributed by atoms with Gasteiger partial charge in [0, 0.05) is 51.6 Å². The molecule has 12 unspecified atom stereocenters. The van der Waals surface area contributed by atoms with E-state index < -0.39 is 5.79 Å². The highest BCUT2D eigenvalue weighted by Gasteiger charge is 2.68. The molecule has 0 aliphatic carbocycles. The zero-order valence-electron chi connectivity index (χ0n) is 30.2. The summed E-state index contributed by atoms with van der Waals surface area (Å²) in [6, 6.07) is 2.26. The molecule has 11 heteroatoms. The molecule has 10 aliphatic heterocycles. The lowest BCUT2D eigenvalue weighted by atomic mass is 9.81. The third kappa shape index (κ3) is 6.38. The van der Waals surface area contributed by atoms with Gasteiger partial charge in [0.2, 0.25) is 0 Å². The number of nitriles is 1. The molecule has 18 atom stereocenters. The van der Waals surface area contributed by atoms with E-state index in [1.165, 1.54) is 0 Å². The van der Waals surface area contributed by atoms with Gasteiger partial charge in [-0.2, -0.15) is 5.26 Å². The first-order valence-electron chi connectivity index (χ1n) is 19.8. The average molecular weight is 710 g/mol. The Labute approximate surface area is 301 Å². The summed E-state index contributed by atoms with van der Waals surface area (Å²) in [5.74, 6) is -0.515. The first kappa shape index (κ1) is 35.0. The van der Waals surface area contributed by atoms with Crippen LogP contribution in [0.1, 0.15) is 96.8 Å². The van der Waals surface area contributed by atoms with Crippen LogP contribution in [-0.4, -0.2) is 110 Å². The topological polar surface area (TPSA) is 124 Å². The first-order valence-corrected chi connectivity index (χ1v) is 19.8. The molecular weight excluding hydrogens is 654 g/mol. The third-order valence-corrected chi connectivity index (χ3v) is 13.7. The van der Waals surface area contributed by atoms with E-state index >= 15 is 0 Å². The zero-order chi connectivity index (χ0) is 35.0. The monoisotopic (exact) mass is 709 g/mol. The van der Waals surface area contributed by atoms with Crippen molar-refractivity contribution < 1.29 is 47.4 Å². The summed E-state index contributed by atoms with van der Waals surface area (Å²) in [5.41, 5.74) is 2.22. The van der Waals surface area contributed by atoms with Gasteiger partial charge < -0.3 is 42.6 Å². The first-order chi connectivity index (χ1) is 24.7. The Hall–Kier alpha value is -1.72. The second kappa shape index (κ2) is 13.8. The van der Waals surface area contributed by atoms with Crippen molar-refractivity contribution in [3.63, 3.8) is 0 Å². The minimum atomic E-state index is -0.772. The van der Waals surface area contributed by atoms with Crippen molar-refractivity contribution in [2.75, 3.05) is 7.11 Å². The molecule has 10 aliphatic rings.